The molecule has 0 aromatic carbocycles. The van der Waals surface area contributed by atoms with Crippen molar-refractivity contribution >= 4 is 5.91 Å². The molecule has 2 saturated carbocycles. The third kappa shape index (κ3) is 2.27. The lowest BCUT2D eigenvalue weighted by Gasteiger charge is -2.26. The van der Waals surface area contributed by atoms with Gasteiger partial charge in [0.15, 0.2) is 0 Å². The first-order chi connectivity index (χ1) is 6.59. The highest BCUT2D eigenvalue weighted by atomic mass is 16.2. The SMILES string of the molecule is CC1(NC(=O)C2CCC(N)CC2)CC1. The maximum atomic E-state index is 11.8. The lowest BCUT2D eigenvalue weighted by Crippen LogP contribution is -2.41. The Morgan fingerprint density at radius 1 is 1.29 bits per heavy atom. The van der Waals surface area contributed by atoms with Gasteiger partial charge in [-0.1, -0.05) is 0 Å². The van der Waals surface area contributed by atoms with Gasteiger partial charge in [-0.2, -0.15) is 0 Å². The third-order valence-electron chi connectivity index (χ3n) is 3.57. The molecule has 1 amide bonds. The maximum Gasteiger partial charge on any atom is 0.223 e. The van der Waals surface area contributed by atoms with Crippen molar-refractivity contribution in [1.29, 1.82) is 0 Å². The summed E-state index contributed by atoms with van der Waals surface area (Å²) in [4.78, 5) is 11.8. The van der Waals surface area contributed by atoms with Gasteiger partial charge >= 0.3 is 0 Å². The number of rotatable bonds is 2. The molecule has 2 rings (SSSR count). The maximum absolute atomic E-state index is 11.8. The number of nitrogens with two attached hydrogens (primary N) is 1. The van der Waals surface area contributed by atoms with Crippen LogP contribution in [-0.4, -0.2) is 17.5 Å². The smallest absolute Gasteiger partial charge is 0.223 e. The van der Waals surface area contributed by atoms with Crippen LogP contribution in [0.5, 0.6) is 0 Å². The van der Waals surface area contributed by atoms with Crippen LogP contribution in [-0.2, 0) is 4.79 Å². The van der Waals surface area contributed by atoms with Crippen molar-refractivity contribution in [2.75, 3.05) is 0 Å². The largest absolute Gasteiger partial charge is 0.351 e. The summed E-state index contributed by atoms with van der Waals surface area (Å²) in [5, 5.41) is 3.14. The van der Waals surface area contributed by atoms with E-state index in [1.54, 1.807) is 0 Å². The van der Waals surface area contributed by atoms with Gasteiger partial charge in [0.2, 0.25) is 5.91 Å². The minimum absolute atomic E-state index is 0.136. The van der Waals surface area contributed by atoms with Gasteiger partial charge in [-0.25, -0.2) is 0 Å². The van der Waals surface area contributed by atoms with Gasteiger partial charge in [-0.05, 0) is 45.4 Å². The summed E-state index contributed by atoms with van der Waals surface area (Å²) < 4.78 is 0. The van der Waals surface area contributed by atoms with E-state index in [-0.39, 0.29) is 17.4 Å². The molecule has 2 fully saturated rings. The summed E-state index contributed by atoms with van der Waals surface area (Å²) in [7, 11) is 0. The van der Waals surface area contributed by atoms with Crippen LogP contribution in [0.3, 0.4) is 0 Å². The van der Waals surface area contributed by atoms with E-state index in [1.807, 2.05) is 0 Å². The molecule has 0 aliphatic heterocycles. The zero-order valence-electron chi connectivity index (χ0n) is 8.88. The summed E-state index contributed by atoms with van der Waals surface area (Å²) in [5.74, 6) is 0.490. The van der Waals surface area contributed by atoms with Crippen LogP contribution in [0, 0.1) is 5.92 Å². The van der Waals surface area contributed by atoms with Gasteiger partial charge in [-0.3, -0.25) is 4.79 Å². The van der Waals surface area contributed by atoms with Gasteiger partial charge < -0.3 is 11.1 Å². The summed E-state index contributed by atoms with van der Waals surface area (Å²) in [6.45, 7) is 2.12. The lowest BCUT2D eigenvalue weighted by molar-refractivity contribution is -0.126. The average molecular weight is 196 g/mol. The molecule has 2 aliphatic carbocycles. The van der Waals surface area contributed by atoms with E-state index in [9.17, 15) is 4.79 Å². The second-order valence-electron chi connectivity index (χ2n) is 5.16. The van der Waals surface area contributed by atoms with Crippen LogP contribution in [0.4, 0.5) is 0 Å². The molecule has 0 atom stereocenters. The zero-order valence-corrected chi connectivity index (χ0v) is 8.88. The molecule has 0 heterocycles. The molecule has 0 radical (unpaired) electrons. The Hall–Kier alpha value is -0.570. The van der Waals surface area contributed by atoms with Crippen molar-refractivity contribution in [1.82, 2.24) is 5.32 Å². The molecule has 0 spiro atoms. The summed E-state index contributed by atoms with van der Waals surface area (Å²) in [5.41, 5.74) is 5.94. The number of carbonyl (C=O) groups excluding carboxylic acids is 1. The number of amides is 1. The van der Waals surface area contributed by atoms with Crippen molar-refractivity contribution in [2.24, 2.45) is 11.7 Å². The normalized spacial score (nSPS) is 35.0. The van der Waals surface area contributed by atoms with Crippen molar-refractivity contribution < 1.29 is 4.79 Å². The average Bonchev–Trinajstić information content (AvgIpc) is 2.84. The van der Waals surface area contributed by atoms with E-state index in [2.05, 4.69) is 12.2 Å². The molecule has 0 saturated heterocycles. The predicted molar refractivity (Wildman–Crippen MR) is 55.7 cm³/mol. The highest BCUT2D eigenvalue weighted by Gasteiger charge is 2.40. The van der Waals surface area contributed by atoms with Crippen LogP contribution in [0.25, 0.3) is 0 Å². The lowest BCUT2D eigenvalue weighted by atomic mass is 9.86. The van der Waals surface area contributed by atoms with E-state index < -0.39 is 0 Å². The number of nitrogens with one attached hydrogen (secondary N) is 1. The molecule has 0 aromatic rings. The van der Waals surface area contributed by atoms with E-state index in [0.717, 1.165) is 38.5 Å². The van der Waals surface area contributed by atoms with Crippen molar-refractivity contribution in [3.05, 3.63) is 0 Å². The zero-order chi connectivity index (χ0) is 10.2. The van der Waals surface area contributed by atoms with Crippen LogP contribution in [0.1, 0.15) is 45.4 Å². The summed E-state index contributed by atoms with van der Waals surface area (Å²) >= 11 is 0. The second kappa shape index (κ2) is 3.54. The van der Waals surface area contributed by atoms with Gasteiger partial charge in [0.25, 0.3) is 0 Å². The van der Waals surface area contributed by atoms with Gasteiger partial charge in [0.05, 0.1) is 0 Å². The Morgan fingerprint density at radius 3 is 2.36 bits per heavy atom. The molecule has 3 N–H and O–H groups in total. The first-order valence-corrected chi connectivity index (χ1v) is 5.67. The first-order valence-electron chi connectivity index (χ1n) is 5.67. The number of carbonyl (C=O) groups is 1. The Labute approximate surface area is 85.4 Å². The predicted octanol–water partition coefficient (Wildman–Crippen LogP) is 1.17. The minimum atomic E-state index is 0.136. The number of hydrogen-bond acceptors (Lipinski definition) is 2. The quantitative estimate of drug-likeness (QED) is 0.696. The fourth-order valence-electron chi connectivity index (χ4n) is 2.09. The summed E-state index contributed by atoms with van der Waals surface area (Å²) in [6.07, 6.45) is 6.26. The molecule has 0 unspecified atom stereocenters. The molecule has 14 heavy (non-hydrogen) atoms. The monoisotopic (exact) mass is 196 g/mol. The molecule has 0 bridgehead atoms. The van der Waals surface area contributed by atoms with Crippen molar-refractivity contribution in [2.45, 2.75) is 57.0 Å². The molecular weight excluding hydrogens is 176 g/mol. The highest BCUT2D eigenvalue weighted by Crippen LogP contribution is 2.35. The van der Waals surface area contributed by atoms with Crippen molar-refractivity contribution in [3.8, 4) is 0 Å². The van der Waals surface area contributed by atoms with Crippen molar-refractivity contribution in [3.63, 3.8) is 0 Å². The van der Waals surface area contributed by atoms with Crippen LogP contribution in [0.2, 0.25) is 0 Å². The number of hydrogen-bond donors (Lipinski definition) is 2. The fourth-order valence-corrected chi connectivity index (χ4v) is 2.09. The highest BCUT2D eigenvalue weighted by molar-refractivity contribution is 5.79. The van der Waals surface area contributed by atoms with E-state index in [1.165, 1.54) is 0 Å². The minimum Gasteiger partial charge on any atom is -0.351 e. The Balaban J connectivity index is 1.80. The van der Waals surface area contributed by atoms with Gasteiger partial charge in [0, 0.05) is 17.5 Å². The van der Waals surface area contributed by atoms with Crippen LogP contribution < -0.4 is 11.1 Å². The topological polar surface area (TPSA) is 55.1 Å². The van der Waals surface area contributed by atoms with Crippen LogP contribution >= 0.6 is 0 Å². The second-order valence-corrected chi connectivity index (χ2v) is 5.16. The molecule has 2 aliphatic rings. The first kappa shape index (κ1) is 9.97. The molecule has 80 valence electrons. The molecule has 3 nitrogen and oxygen atoms in total. The Bertz CT molecular complexity index is 227. The van der Waals surface area contributed by atoms with Crippen LogP contribution in [0.15, 0.2) is 0 Å². The van der Waals surface area contributed by atoms with E-state index >= 15 is 0 Å². The molecule has 0 aromatic heterocycles. The summed E-state index contributed by atoms with van der Waals surface area (Å²) in [6, 6.07) is 0.329. The van der Waals surface area contributed by atoms with E-state index in [0.29, 0.717) is 6.04 Å². The third-order valence-corrected chi connectivity index (χ3v) is 3.57. The van der Waals surface area contributed by atoms with Gasteiger partial charge in [-0.15, -0.1) is 0 Å². The standard InChI is InChI=1S/C11H20N2O/c1-11(6-7-11)13-10(14)8-2-4-9(12)5-3-8/h8-9H,2-7,12H2,1H3,(H,13,14). The Kier molecular flexibility index (Phi) is 2.52. The molecular formula is C11H20N2O. The van der Waals surface area contributed by atoms with E-state index in [4.69, 9.17) is 5.73 Å². The fraction of sp³-hybridized carbons (Fsp3) is 0.909. The molecule has 3 heteroatoms. The van der Waals surface area contributed by atoms with Gasteiger partial charge in [0.1, 0.15) is 0 Å². The Morgan fingerprint density at radius 2 is 1.86 bits per heavy atom.